The number of nitrogens with one attached hydrogen (secondary N) is 1. The lowest BCUT2D eigenvalue weighted by atomic mass is 10.1. The first-order valence-corrected chi connectivity index (χ1v) is 10.9. The van der Waals surface area contributed by atoms with Crippen LogP contribution in [0.4, 0.5) is 4.39 Å². The molecule has 2 aromatic carbocycles. The molecule has 0 fully saturated rings. The lowest BCUT2D eigenvalue weighted by molar-refractivity contribution is 0.565. The van der Waals surface area contributed by atoms with Crippen LogP contribution in [0.5, 0.6) is 0 Å². The summed E-state index contributed by atoms with van der Waals surface area (Å²) in [6.07, 6.45) is 0. The minimum Gasteiger partial charge on any atom is -0.306 e. The third kappa shape index (κ3) is 4.51. The van der Waals surface area contributed by atoms with Crippen molar-refractivity contribution in [1.29, 1.82) is 0 Å². The third-order valence-electron chi connectivity index (χ3n) is 3.78. The third-order valence-corrected chi connectivity index (χ3v) is 5.85. The van der Waals surface area contributed by atoms with Gasteiger partial charge in [-0.2, -0.15) is 0 Å². The van der Waals surface area contributed by atoms with Gasteiger partial charge in [-0.25, -0.2) is 4.39 Å². The van der Waals surface area contributed by atoms with Crippen LogP contribution in [0.2, 0.25) is 19.6 Å². The molecule has 0 amide bonds. The van der Waals surface area contributed by atoms with Crippen molar-refractivity contribution < 1.29 is 4.39 Å². The lowest BCUT2D eigenvalue weighted by Gasteiger charge is -2.18. The van der Waals surface area contributed by atoms with Gasteiger partial charge >= 0.3 is 0 Å². The van der Waals surface area contributed by atoms with Gasteiger partial charge in [0.2, 0.25) is 0 Å². The summed E-state index contributed by atoms with van der Waals surface area (Å²) >= 11 is 0. The van der Waals surface area contributed by atoms with E-state index in [2.05, 4.69) is 56.1 Å². The van der Waals surface area contributed by atoms with Crippen LogP contribution < -0.4 is 10.5 Å². The summed E-state index contributed by atoms with van der Waals surface area (Å²) in [4.78, 5) is 0. The molecule has 21 heavy (non-hydrogen) atoms. The Kier molecular flexibility index (Phi) is 4.96. The molecule has 0 heterocycles. The molecule has 112 valence electrons. The van der Waals surface area contributed by atoms with Crippen molar-refractivity contribution in [3.63, 3.8) is 0 Å². The first kappa shape index (κ1) is 15.9. The number of benzene rings is 2. The Morgan fingerprint density at radius 2 is 1.71 bits per heavy atom. The van der Waals surface area contributed by atoms with Crippen LogP contribution in [-0.4, -0.2) is 8.07 Å². The number of hydrogen-bond donors (Lipinski definition) is 1. The molecule has 0 spiro atoms. The number of hydrogen-bond acceptors (Lipinski definition) is 1. The minimum absolute atomic E-state index is 0.136. The predicted octanol–water partition coefficient (Wildman–Crippen LogP) is 4.22. The molecule has 2 aromatic rings. The Labute approximate surface area is 128 Å². The van der Waals surface area contributed by atoms with Crippen LogP contribution in [-0.2, 0) is 6.54 Å². The monoisotopic (exact) mass is 301 g/mol. The van der Waals surface area contributed by atoms with Gasteiger partial charge in [-0.3, -0.25) is 0 Å². The fraction of sp³-hybridized carbons (Fsp3) is 0.333. The van der Waals surface area contributed by atoms with Gasteiger partial charge in [0.05, 0.1) is 8.07 Å². The van der Waals surface area contributed by atoms with Crippen molar-refractivity contribution >= 4 is 13.3 Å². The van der Waals surface area contributed by atoms with Gasteiger partial charge in [0, 0.05) is 12.6 Å². The van der Waals surface area contributed by atoms with Crippen LogP contribution in [0.1, 0.15) is 24.1 Å². The van der Waals surface area contributed by atoms with Gasteiger partial charge in [0.25, 0.3) is 0 Å². The zero-order valence-electron chi connectivity index (χ0n) is 13.3. The van der Waals surface area contributed by atoms with E-state index in [-0.39, 0.29) is 11.9 Å². The number of rotatable bonds is 5. The molecule has 0 saturated carbocycles. The molecule has 0 saturated heterocycles. The van der Waals surface area contributed by atoms with Crippen LogP contribution in [0.15, 0.2) is 48.5 Å². The Morgan fingerprint density at radius 3 is 2.29 bits per heavy atom. The molecule has 1 atom stereocenters. The Balaban J connectivity index is 1.97. The normalized spacial score (nSPS) is 13.2. The summed E-state index contributed by atoms with van der Waals surface area (Å²) in [6.45, 7) is 9.92. The fourth-order valence-corrected chi connectivity index (χ4v) is 3.45. The molecule has 0 bridgehead atoms. The Bertz CT molecular complexity index is 587. The van der Waals surface area contributed by atoms with Crippen molar-refractivity contribution in [3.05, 3.63) is 65.5 Å². The fourth-order valence-electron chi connectivity index (χ4n) is 2.29. The highest BCUT2D eigenvalue weighted by atomic mass is 28.3. The Hall–Kier alpha value is -1.45. The standard InChI is InChI=1S/C18H24FNSi/c1-14(16-6-5-7-17(19)12-16)20-13-15-8-10-18(11-9-15)21(2,3)4/h5-12,14,20H,13H2,1-4H3. The first-order chi connectivity index (χ1) is 9.86. The second-order valence-corrected chi connectivity index (χ2v) is 11.7. The van der Waals surface area contributed by atoms with E-state index < -0.39 is 8.07 Å². The van der Waals surface area contributed by atoms with E-state index in [1.54, 1.807) is 12.1 Å². The molecule has 1 unspecified atom stereocenters. The molecular formula is C18H24FNSi. The van der Waals surface area contributed by atoms with Gasteiger partial charge in [0.15, 0.2) is 0 Å². The maximum absolute atomic E-state index is 13.2. The van der Waals surface area contributed by atoms with E-state index in [1.165, 1.54) is 16.8 Å². The largest absolute Gasteiger partial charge is 0.306 e. The summed E-state index contributed by atoms with van der Waals surface area (Å²) < 4.78 is 13.2. The topological polar surface area (TPSA) is 12.0 Å². The summed E-state index contributed by atoms with van der Waals surface area (Å²) in [5.74, 6) is -0.180. The lowest BCUT2D eigenvalue weighted by Crippen LogP contribution is -2.37. The maximum atomic E-state index is 13.2. The van der Waals surface area contributed by atoms with E-state index in [4.69, 9.17) is 0 Å². The molecular weight excluding hydrogens is 277 g/mol. The van der Waals surface area contributed by atoms with E-state index in [0.29, 0.717) is 0 Å². The first-order valence-electron chi connectivity index (χ1n) is 7.44. The average Bonchev–Trinajstić information content (AvgIpc) is 2.44. The minimum atomic E-state index is -1.22. The summed E-state index contributed by atoms with van der Waals surface area (Å²) in [5, 5.41) is 4.92. The van der Waals surface area contributed by atoms with Gasteiger partial charge < -0.3 is 5.32 Å². The summed E-state index contributed by atoms with van der Waals surface area (Å²) in [6, 6.07) is 15.8. The zero-order valence-corrected chi connectivity index (χ0v) is 14.3. The van der Waals surface area contributed by atoms with Crippen molar-refractivity contribution in [2.75, 3.05) is 0 Å². The summed E-state index contributed by atoms with van der Waals surface area (Å²) in [5.41, 5.74) is 2.24. The van der Waals surface area contributed by atoms with E-state index in [0.717, 1.165) is 12.1 Å². The highest BCUT2D eigenvalue weighted by Gasteiger charge is 2.15. The van der Waals surface area contributed by atoms with E-state index in [1.807, 2.05) is 6.07 Å². The van der Waals surface area contributed by atoms with Gasteiger partial charge in [-0.05, 0) is 30.2 Å². The highest BCUT2D eigenvalue weighted by Crippen LogP contribution is 2.14. The highest BCUT2D eigenvalue weighted by molar-refractivity contribution is 6.88. The second kappa shape index (κ2) is 6.54. The van der Waals surface area contributed by atoms with E-state index >= 15 is 0 Å². The second-order valence-electron chi connectivity index (χ2n) is 6.60. The number of halogens is 1. The molecule has 0 aliphatic heterocycles. The smallest absolute Gasteiger partial charge is 0.123 e. The molecule has 0 aliphatic carbocycles. The van der Waals surface area contributed by atoms with Crippen LogP contribution in [0, 0.1) is 5.82 Å². The molecule has 1 N–H and O–H groups in total. The van der Waals surface area contributed by atoms with Crippen LogP contribution in [0.3, 0.4) is 0 Å². The Morgan fingerprint density at radius 1 is 1.05 bits per heavy atom. The van der Waals surface area contributed by atoms with Crippen molar-refractivity contribution in [2.24, 2.45) is 0 Å². The van der Waals surface area contributed by atoms with E-state index in [9.17, 15) is 4.39 Å². The van der Waals surface area contributed by atoms with Crippen LogP contribution in [0.25, 0.3) is 0 Å². The quantitative estimate of drug-likeness (QED) is 0.815. The molecule has 0 radical (unpaired) electrons. The van der Waals surface area contributed by atoms with Gasteiger partial charge in [-0.15, -0.1) is 0 Å². The zero-order chi connectivity index (χ0) is 15.5. The van der Waals surface area contributed by atoms with Crippen molar-refractivity contribution in [1.82, 2.24) is 5.32 Å². The summed E-state index contributed by atoms with van der Waals surface area (Å²) in [7, 11) is -1.22. The molecule has 3 heteroatoms. The molecule has 2 rings (SSSR count). The van der Waals surface area contributed by atoms with Crippen molar-refractivity contribution in [3.8, 4) is 0 Å². The molecule has 0 aromatic heterocycles. The SMILES string of the molecule is CC(NCc1ccc([Si](C)(C)C)cc1)c1cccc(F)c1. The van der Waals surface area contributed by atoms with Gasteiger partial charge in [0.1, 0.15) is 5.82 Å². The van der Waals surface area contributed by atoms with Gasteiger partial charge in [-0.1, -0.05) is 61.2 Å². The molecule has 0 aliphatic rings. The maximum Gasteiger partial charge on any atom is 0.123 e. The predicted molar refractivity (Wildman–Crippen MR) is 91.1 cm³/mol. The molecule has 1 nitrogen and oxygen atoms in total. The van der Waals surface area contributed by atoms with Crippen LogP contribution >= 0.6 is 0 Å². The van der Waals surface area contributed by atoms with Crippen molar-refractivity contribution in [2.45, 2.75) is 39.2 Å². The average molecular weight is 301 g/mol.